The van der Waals surface area contributed by atoms with Gasteiger partial charge in [-0.2, -0.15) is 0 Å². The summed E-state index contributed by atoms with van der Waals surface area (Å²) in [7, 11) is -0.446. The van der Waals surface area contributed by atoms with Crippen molar-refractivity contribution in [1.29, 1.82) is 0 Å². The van der Waals surface area contributed by atoms with Crippen molar-refractivity contribution in [2.24, 2.45) is 0 Å². The molecule has 0 bridgehead atoms. The Labute approximate surface area is 199 Å². The van der Waals surface area contributed by atoms with Gasteiger partial charge in [0.2, 0.25) is 0 Å². The molecule has 0 amide bonds. The summed E-state index contributed by atoms with van der Waals surface area (Å²) < 4.78 is 0. The molecular formula is C30H42BP. The van der Waals surface area contributed by atoms with E-state index in [4.69, 9.17) is 0 Å². The normalized spacial score (nSPS) is 10.5. The van der Waals surface area contributed by atoms with E-state index in [-0.39, 0.29) is 0 Å². The topological polar surface area (TPSA) is 0 Å². The lowest BCUT2D eigenvalue weighted by molar-refractivity contribution is 0.812. The van der Waals surface area contributed by atoms with Crippen LogP contribution < -0.4 is 15.9 Å². The van der Waals surface area contributed by atoms with Crippen molar-refractivity contribution in [2.75, 3.05) is 0 Å². The lowest BCUT2D eigenvalue weighted by Crippen LogP contribution is -2.20. The summed E-state index contributed by atoms with van der Waals surface area (Å²) in [6, 6.07) is 32.3. The van der Waals surface area contributed by atoms with E-state index in [1.54, 1.807) is 0 Å². The fraction of sp³-hybridized carbons (Fsp3) is 0.400. The molecule has 0 aliphatic rings. The Bertz CT molecular complexity index is 691. The molecule has 0 N–H and O–H groups in total. The van der Waals surface area contributed by atoms with E-state index < -0.39 is 7.92 Å². The molecule has 3 rings (SSSR count). The van der Waals surface area contributed by atoms with Gasteiger partial charge >= 0.3 is 0 Å². The standard InChI is InChI=1S/C18H15P.C12H27B/c1-4-10-16(11-5-1)19(17-12-6-2-7-13-17)18-14-8-3-9-15-18;1-4-7-10-13(11-8-5-2)12-9-6-3/h1-15H;4-12H2,1-3H3. The number of hydrogen-bond acceptors (Lipinski definition) is 0. The van der Waals surface area contributed by atoms with Gasteiger partial charge in [0, 0.05) is 0 Å². The molecule has 3 aromatic carbocycles. The first kappa shape index (κ1) is 26.4. The first-order valence-electron chi connectivity index (χ1n) is 12.7. The van der Waals surface area contributed by atoms with Crippen molar-refractivity contribution >= 4 is 30.5 Å². The summed E-state index contributed by atoms with van der Waals surface area (Å²) in [5, 5.41) is 4.19. The highest BCUT2D eigenvalue weighted by Gasteiger charge is 2.15. The summed E-state index contributed by atoms with van der Waals surface area (Å²) in [6.07, 6.45) is 12.9. The minimum atomic E-state index is -0.446. The molecule has 0 saturated carbocycles. The zero-order valence-corrected chi connectivity index (χ0v) is 21.4. The Morgan fingerprint density at radius 3 is 1.00 bits per heavy atom. The van der Waals surface area contributed by atoms with E-state index in [2.05, 4.69) is 112 Å². The molecule has 170 valence electrons. The largest absolute Gasteiger partial charge is 0.139 e. The van der Waals surface area contributed by atoms with Gasteiger partial charge in [-0.1, -0.05) is 169 Å². The third kappa shape index (κ3) is 9.75. The summed E-state index contributed by atoms with van der Waals surface area (Å²) >= 11 is 0. The average molecular weight is 444 g/mol. The second kappa shape index (κ2) is 16.7. The maximum atomic E-state index is 2.30. The molecule has 0 aromatic heterocycles. The summed E-state index contributed by atoms with van der Waals surface area (Å²) in [6.45, 7) is 7.95. The molecule has 0 saturated heterocycles. The lowest BCUT2D eigenvalue weighted by atomic mass is 9.41. The average Bonchev–Trinajstić information content (AvgIpc) is 2.86. The summed E-state index contributed by atoms with van der Waals surface area (Å²) in [5.41, 5.74) is 0. The smallest absolute Gasteiger partial charge is 0.0742 e. The van der Waals surface area contributed by atoms with Crippen molar-refractivity contribution in [3.63, 3.8) is 0 Å². The first-order valence-corrected chi connectivity index (χ1v) is 14.1. The van der Waals surface area contributed by atoms with Gasteiger partial charge in [0.25, 0.3) is 0 Å². The molecule has 0 radical (unpaired) electrons. The minimum Gasteiger partial charge on any atom is -0.0742 e. The fourth-order valence-corrected chi connectivity index (χ4v) is 6.40. The molecule has 3 aromatic rings. The van der Waals surface area contributed by atoms with Crippen LogP contribution in [-0.4, -0.2) is 6.71 Å². The highest BCUT2D eigenvalue weighted by atomic mass is 31.1. The zero-order valence-electron chi connectivity index (χ0n) is 20.5. The third-order valence-corrected chi connectivity index (χ3v) is 8.38. The highest BCUT2D eigenvalue weighted by molar-refractivity contribution is 7.79. The van der Waals surface area contributed by atoms with Crippen LogP contribution >= 0.6 is 7.92 Å². The van der Waals surface area contributed by atoms with Gasteiger partial charge in [-0.15, -0.1) is 0 Å². The van der Waals surface area contributed by atoms with Crippen LogP contribution in [0.25, 0.3) is 0 Å². The molecular weight excluding hydrogens is 402 g/mol. The molecule has 0 heterocycles. The second-order valence-corrected chi connectivity index (χ2v) is 10.9. The molecule has 2 heteroatoms. The van der Waals surface area contributed by atoms with Crippen molar-refractivity contribution in [1.82, 2.24) is 0 Å². The van der Waals surface area contributed by atoms with Gasteiger partial charge in [-0.3, -0.25) is 0 Å². The molecule has 0 aliphatic carbocycles. The molecule has 0 fully saturated rings. The number of hydrogen-bond donors (Lipinski definition) is 0. The Kier molecular flexibility index (Phi) is 13.8. The van der Waals surface area contributed by atoms with Crippen LogP contribution in [0.2, 0.25) is 19.0 Å². The lowest BCUT2D eigenvalue weighted by Gasteiger charge is -2.18. The fourth-order valence-electron chi connectivity index (χ4n) is 4.09. The highest BCUT2D eigenvalue weighted by Crippen LogP contribution is 2.32. The number of rotatable bonds is 12. The van der Waals surface area contributed by atoms with Crippen LogP contribution in [0.4, 0.5) is 0 Å². The van der Waals surface area contributed by atoms with Crippen molar-refractivity contribution in [2.45, 2.75) is 78.3 Å². The van der Waals surface area contributed by atoms with Crippen LogP contribution in [0.15, 0.2) is 91.0 Å². The van der Waals surface area contributed by atoms with Gasteiger partial charge in [-0.25, -0.2) is 0 Å². The van der Waals surface area contributed by atoms with Gasteiger partial charge in [0.1, 0.15) is 6.71 Å². The number of benzene rings is 3. The second-order valence-electron chi connectivity index (χ2n) is 8.63. The maximum absolute atomic E-state index is 2.30. The molecule has 0 nitrogen and oxygen atoms in total. The SMILES string of the molecule is CCCCB(CCCC)CCCC.c1ccc(P(c2ccccc2)c2ccccc2)cc1. The van der Waals surface area contributed by atoms with Crippen LogP contribution in [0.1, 0.15) is 59.3 Å². The molecule has 0 unspecified atom stereocenters. The first-order chi connectivity index (χ1) is 15.8. The number of unbranched alkanes of at least 4 members (excludes halogenated alkanes) is 3. The Morgan fingerprint density at radius 1 is 0.469 bits per heavy atom. The van der Waals surface area contributed by atoms with Crippen molar-refractivity contribution < 1.29 is 0 Å². The van der Waals surface area contributed by atoms with E-state index in [1.165, 1.54) is 73.4 Å². The molecule has 32 heavy (non-hydrogen) atoms. The Balaban J connectivity index is 0.000000247. The van der Waals surface area contributed by atoms with Crippen molar-refractivity contribution in [3.8, 4) is 0 Å². The van der Waals surface area contributed by atoms with Gasteiger partial charge in [0.15, 0.2) is 0 Å². The third-order valence-electron chi connectivity index (χ3n) is 5.94. The predicted octanol–water partition coefficient (Wildman–Crippen LogP) is 8.33. The maximum Gasteiger partial charge on any atom is 0.139 e. The monoisotopic (exact) mass is 444 g/mol. The van der Waals surface area contributed by atoms with Crippen LogP contribution in [0, 0.1) is 0 Å². The van der Waals surface area contributed by atoms with Gasteiger partial charge in [0.05, 0.1) is 0 Å². The van der Waals surface area contributed by atoms with Crippen LogP contribution in [0.5, 0.6) is 0 Å². The van der Waals surface area contributed by atoms with E-state index in [1.807, 2.05) is 0 Å². The van der Waals surface area contributed by atoms with Gasteiger partial charge < -0.3 is 0 Å². The van der Waals surface area contributed by atoms with E-state index in [9.17, 15) is 0 Å². The molecule has 0 spiro atoms. The minimum absolute atomic E-state index is 0.446. The van der Waals surface area contributed by atoms with E-state index in [0.29, 0.717) is 0 Å². The summed E-state index contributed by atoms with van der Waals surface area (Å²) in [5.74, 6) is 0. The zero-order chi connectivity index (χ0) is 22.9. The van der Waals surface area contributed by atoms with Gasteiger partial charge in [-0.05, 0) is 23.8 Å². The molecule has 0 atom stereocenters. The summed E-state index contributed by atoms with van der Waals surface area (Å²) in [4.78, 5) is 0. The van der Waals surface area contributed by atoms with Crippen LogP contribution in [0.3, 0.4) is 0 Å². The Morgan fingerprint density at radius 2 is 0.750 bits per heavy atom. The van der Waals surface area contributed by atoms with E-state index in [0.717, 1.165) is 6.71 Å². The molecule has 0 aliphatic heterocycles. The van der Waals surface area contributed by atoms with Crippen molar-refractivity contribution in [3.05, 3.63) is 91.0 Å². The quantitative estimate of drug-likeness (QED) is 0.195. The van der Waals surface area contributed by atoms with Crippen LogP contribution in [-0.2, 0) is 0 Å². The Hall–Kier alpha value is -1.85. The van der Waals surface area contributed by atoms with E-state index >= 15 is 0 Å². The predicted molar refractivity (Wildman–Crippen MR) is 150 cm³/mol.